The molecule has 2 nitrogen and oxygen atoms in total. The summed E-state index contributed by atoms with van der Waals surface area (Å²) in [5.41, 5.74) is 0. The van der Waals surface area contributed by atoms with Gasteiger partial charge in [0.1, 0.15) is 0 Å². The Morgan fingerprint density at radius 3 is 1.30 bits per heavy atom. The highest BCUT2D eigenvalue weighted by molar-refractivity contribution is 5.65. The Labute approximate surface area is 126 Å². The van der Waals surface area contributed by atoms with Gasteiger partial charge in [-0.25, -0.2) is 0 Å². The second-order valence-corrected chi connectivity index (χ2v) is 6.07. The zero-order chi connectivity index (χ0) is 14.9. The Balaban J connectivity index is 2.08. The first-order valence-electron chi connectivity index (χ1n) is 7.28. The van der Waals surface area contributed by atoms with Crippen molar-refractivity contribution in [2.24, 2.45) is 0 Å². The Morgan fingerprint density at radius 2 is 1.00 bits per heavy atom. The monoisotopic (exact) mass is 270 g/mol. The van der Waals surface area contributed by atoms with E-state index in [1.54, 1.807) is 0 Å². The van der Waals surface area contributed by atoms with Gasteiger partial charge in [-0.1, -0.05) is 0 Å². The minimum Gasteiger partial charge on any atom is -0.306 e. The lowest BCUT2D eigenvalue weighted by Crippen LogP contribution is -2.38. The van der Waals surface area contributed by atoms with E-state index in [2.05, 4.69) is 90.4 Å². The van der Waals surface area contributed by atoms with Gasteiger partial charge in [0.25, 0.3) is 0 Å². The van der Waals surface area contributed by atoms with E-state index in [1.165, 1.54) is 23.7 Å². The third-order valence-corrected chi connectivity index (χ3v) is 4.44. The molecule has 2 saturated carbocycles. The van der Waals surface area contributed by atoms with Crippen molar-refractivity contribution in [3.05, 3.63) is 62.2 Å². The van der Waals surface area contributed by atoms with Gasteiger partial charge in [0.2, 0.25) is 0 Å². The van der Waals surface area contributed by atoms with E-state index < -0.39 is 0 Å². The fourth-order valence-electron chi connectivity index (χ4n) is 2.64. The molecule has 2 heteroatoms. The fourth-order valence-corrected chi connectivity index (χ4v) is 2.64. The molecule has 20 heavy (non-hydrogen) atoms. The molecule has 0 bridgehead atoms. The lowest BCUT2D eigenvalue weighted by molar-refractivity contribution is 0.322. The molecule has 108 valence electrons. The van der Waals surface area contributed by atoms with Gasteiger partial charge >= 0.3 is 0 Å². The quantitative estimate of drug-likeness (QED) is 0.757. The normalized spacial score (nSPS) is 27.0. The molecule has 2 atom stereocenters. The van der Waals surface area contributed by atoms with Crippen LogP contribution in [0.4, 0.5) is 0 Å². The summed E-state index contributed by atoms with van der Waals surface area (Å²) in [7, 11) is 8.54. The Kier molecular flexibility index (Phi) is 5.53. The summed E-state index contributed by atoms with van der Waals surface area (Å²) in [6, 6.07) is 0.856. The van der Waals surface area contributed by atoms with Gasteiger partial charge in [-0.2, -0.15) is 0 Å². The Bertz CT molecular complexity index is 270. The van der Waals surface area contributed by atoms with E-state index in [9.17, 15) is 0 Å². The van der Waals surface area contributed by atoms with Crippen molar-refractivity contribution in [1.29, 1.82) is 0 Å². The standard InChI is InChI=1S/C18H26N2/c1-13(19(3)4)15-9-7-11-17(15)18-12-8-10-16(18)14(2)20(5)6/h7-14H,1-6H3/t13-,14-/m0/s1. The molecule has 2 aliphatic carbocycles. The van der Waals surface area contributed by atoms with Crippen LogP contribution in [0.1, 0.15) is 13.8 Å². The fraction of sp³-hybridized carbons (Fsp3) is 0.444. The van der Waals surface area contributed by atoms with Crippen LogP contribution in [-0.2, 0) is 0 Å². The molecular weight excluding hydrogens is 244 g/mol. The van der Waals surface area contributed by atoms with Gasteiger partial charge in [-0.05, 0) is 92.4 Å². The van der Waals surface area contributed by atoms with Gasteiger partial charge in [0.05, 0.1) is 0 Å². The molecule has 0 aromatic rings. The molecule has 2 aliphatic rings. The van der Waals surface area contributed by atoms with Crippen molar-refractivity contribution >= 4 is 0 Å². The van der Waals surface area contributed by atoms with Crippen LogP contribution in [0.2, 0.25) is 0 Å². The molecule has 2 rings (SSSR count). The minimum atomic E-state index is 0.428. The Hall–Kier alpha value is -0.0800. The van der Waals surface area contributed by atoms with Crippen molar-refractivity contribution in [3.8, 4) is 0 Å². The van der Waals surface area contributed by atoms with E-state index >= 15 is 0 Å². The van der Waals surface area contributed by atoms with Crippen LogP contribution in [0.15, 0.2) is 0 Å². The Morgan fingerprint density at radius 1 is 0.650 bits per heavy atom. The topological polar surface area (TPSA) is 6.48 Å². The lowest BCUT2D eigenvalue weighted by Gasteiger charge is -2.37. The third-order valence-electron chi connectivity index (χ3n) is 4.44. The van der Waals surface area contributed by atoms with E-state index in [0.29, 0.717) is 12.1 Å². The lowest BCUT2D eigenvalue weighted by atomic mass is 9.73. The predicted octanol–water partition coefficient (Wildman–Crippen LogP) is 2.44. The molecule has 10 radical (unpaired) electrons. The summed E-state index contributed by atoms with van der Waals surface area (Å²) in [6.07, 6.45) is 13.3. The first kappa shape index (κ1) is 16.3. The van der Waals surface area contributed by atoms with Crippen molar-refractivity contribution < 1.29 is 0 Å². The number of rotatable bonds is 5. The van der Waals surface area contributed by atoms with Crippen molar-refractivity contribution in [2.45, 2.75) is 25.9 Å². The molecule has 0 unspecified atom stereocenters. The molecule has 0 amide bonds. The van der Waals surface area contributed by atoms with E-state index in [0.717, 1.165) is 0 Å². The molecule has 0 aromatic heterocycles. The van der Waals surface area contributed by atoms with Crippen molar-refractivity contribution in [1.82, 2.24) is 9.80 Å². The van der Waals surface area contributed by atoms with Crippen LogP contribution in [0.25, 0.3) is 0 Å². The van der Waals surface area contributed by atoms with Crippen LogP contribution in [0, 0.1) is 62.2 Å². The third kappa shape index (κ3) is 3.22. The second kappa shape index (κ2) is 6.79. The van der Waals surface area contributed by atoms with E-state index in [1.807, 2.05) is 0 Å². The van der Waals surface area contributed by atoms with Gasteiger partial charge in [-0.3, -0.25) is 0 Å². The molecule has 0 saturated heterocycles. The SMILES string of the molecule is C[C@@H]([C]1[CH][CH][CH][C]1[C]1[CH][CH][CH][C]1[C@H](C)N(C)C)N(C)C. The highest BCUT2D eigenvalue weighted by atomic mass is 15.1. The maximum atomic E-state index is 2.26. The summed E-state index contributed by atoms with van der Waals surface area (Å²) >= 11 is 0. The summed E-state index contributed by atoms with van der Waals surface area (Å²) in [5.74, 6) is 5.57. The maximum Gasteiger partial charge on any atom is 0.0132 e. The largest absolute Gasteiger partial charge is 0.306 e. The summed E-state index contributed by atoms with van der Waals surface area (Å²) in [6.45, 7) is 4.52. The van der Waals surface area contributed by atoms with Gasteiger partial charge < -0.3 is 9.80 Å². The average molecular weight is 270 g/mol. The average Bonchev–Trinajstić information content (AvgIpc) is 3.04. The highest BCUT2D eigenvalue weighted by Crippen LogP contribution is 2.52. The molecule has 2 fully saturated rings. The molecule has 0 N–H and O–H groups in total. The number of nitrogens with zero attached hydrogens (tertiary/aromatic N) is 2. The van der Waals surface area contributed by atoms with Crippen LogP contribution < -0.4 is 0 Å². The van der Waals surface area contributed by atoms with Crippen LogP contribution in [0.3, 0.4) is 0 Å². The maximum absolute atomic E-state index is 2.26. The first-order valence-corrected chi connectivity index (χ1v) is 7.28. The number of hydrogen-bond acceptors (Lipinski definition) is 2. The molecular formula is C18H26N2. The minimum absolute atomic E-state index is 0.428. The molecule has 0 aromatic carbocycles. The van der Waals surface area contributed by atoms with E-state index in [4.69, 9.17) is 0 Å². The zero-order valence-electron chi connectivity index (χ0n) is 13.5. The molecule has 0 spiro atoms. The van der Waals surface area contributed by atoms with Crippen LogP contribution >= 0.6 is 0 Å². The molecule has 0 heterocycles. The van der Waals surface area contributed by atoms with Crippen LogP contribution in [0.5, 0.6) is 0 Å². The van der Waals surface area contributed by atoms with Gasteiger partial charge in [0, 0.05) is 23.9 Å². The van der Waals surface area contributed by atoms with Gasteiger partial charge in [0.15, 0.2) is 0 Å². The number of hydrogen-bond donors (Lipinski definition) is 0. The highest BCUT2D eigenvalue weighted by Gasteiger charge is 2.46. The summed E-state index contributed by atoms with van der Waals surface area (Å²) in [4.78, 5) is 4.52. The molecule has 0 aliphatic heterocycles. The summed E-state index contributed by atoms with van der Waals surface area (Å²) in [5, 5.41) is 0. The summed E-state index contributed by atoms with van der Waals surface area (Å²) < 4.78 is 0. The smallest absolute Gasteiger partial charge is 0.0132 e. The van der Waals surface area contributed by atoms with E-state index in [-0.39, 0.29) is 0 Å². The van der Waals surface area contributed by atoms with Crippen molar-refractivity contribution in [2.75, 3.05) is 28.2 Å². The zero-order valence-corrected chi connectivity index (χ0v) is 13.5. The first-order chi connectivity index (χ1) is 9.43. The second-order valence-electron chi connectivity index (χ2n) is 6.07. The van der Waals surface area contributed by atoms with Crippen LogP contribution in [-0.4, -0.2) is 50.1 Å². The predicted molar refractivity (Wildman–Crippen MR) is 85.1 cm³/mol. The van der Waals surface area contributed by atoms with Crippen molar-refractivity contribution in [3.63, 3.8) is 0 Å². The van der Waals surface area contributed by atoms with Gasteiger partial charge in [-0.15, -0.1) is 0 Å².